The fourth-order valence-corrected chi connectivity index (χ4v) is 3.03. The fourth-order valence-electron chi connectivity index (χ4n) is 2.19. The number of benzene rings is 1. The molecular weight excluding hydrogens is 411 g/mol. The van der Waals surface area contributed by atoms with E-state index in [4.69, 9.17) is 16.3 Å². The Morgan fingerprint density at radius 1 is 1.29 bits per heavy atom. The van der Waals surface area contributed by atoms with Crippen molar-refractivity contribution in [3.63, 3.8) is 0 Å². The normalized spacial score (nSPS) is 11.0. The second-order valence-electron chi connectivity index (χ2n) is 4.55. The van der Waals surface area contributed by atoms with E-state index in [2.05, 4.69) is 15.9 Å². The van der Waals surface area contributed by atoms with E-state index in [1.54, 1.807) is 31.2 Å². The zero-order valence-corrected chi connectivity index (χ0v) is 15.0. The van der Waals surface area contributed by atoms with Crippen LogP contribution in [-0.4, -0.2) is 11.2 Å². The van der Waals surface area contributed by atoms with Crippen LogP contribution in [0.5, 0.6) is 0 Å². The van der Waals surface area contributed by atoms with Crippen LogP contribution >= 0.6 is 27.5 Å². The summed E-state index contributed by atoms with van der Waals surface area (Å²) in [5.41, 5.74) is -0.467. The van der Waals surface area contributed by atoms with E-state index < -0.39 is 11.9 Å². The van der Waals surface area contributed by atoms with Crippen molar-refractivity contribution < 1.29 is 17.9 Å². The second kappa shape index (κ2) is 8.03. The van der Waals surface area contributed by atoms with Crippen molar-refractivity contribution in [3.05, 3.63) is 45.0 Å². The van der Waals surface area contributed by atoms with E-state index in [1.165, 1.54) is 0 Å². The second-order valence-corrected chi connectivity index (χ2v) is 5.78. The van der Waals surface area contributed by atoms with Gasteiger partial charge in [-0.05, 0) is 40.5 Å². The maximum absolute atomic E-state index is 13.4. The Kier molecular flexibility index (Phi) is 6.86. The van der Waals surface area contributed by atoms with E-state index in [0.29, 0.717) is 10.6 Å². The van der Waals surface area contributed by atoms with Crippen LogP contribution in [0.1, 0.15) is 18.2 Å². The molecule has 3 N–H and O–H groups in total. The Morgan fingerprint density at radius 2 is 1.88 bits per heavy atom. The highest BCUT2D eigenvalue weighted by molar-refractivity contribution is 9.10. The Balaban J connectivity index is 0.00000288. The van der Waals surface area contributed by atoms with Crippen LogP contribution in [0.2, 0.25) is 5.02 Å². The smallest absolute Gasteiger partial charge is 0.361 e. The van der Waals surface area contributed by atoms with E-state index in [-0.39, 0.29) is 35.2 Å². The molecule has 0 aliphatic heterocycles. The van der Waals surface area contributed by atoms with Crippen LogP contribution in [-0.2, 0) is 17.6 Å². The predicted octanol–water partition coefficient (Wildman–Crippen LogP) is 5.62. The molecule has 24 heavy (non-hydrogen) atoms. The van der Waals surface area contributed by atoms with Gasteiger partial charge in [-0.15, -0.1) is 0 Å². The van der Waals surface area contributed by atoms with Crippen molar-refractivity contribution in [2.75, 3.05) is 6.61 Å². The van der Waals surface area contributed by atoms with Crippen LogP contribution in [0.25, 0.3) is 11.3 Å². The Morgan fingerprint density at radius 3 is 2.33 bits per heavy atom. The molecule has 0 radical (unpaired) electrons. The Bertz CT molecular complexity index is 751. The first kappa shape index (κ1) is 20.5. The highest BCUT2D eigenvalue weighted by Gasteiger charge is 2.40. The van der Waals surface area contributed by atoms with Crippen molar-refractivity contribution in [2.24, 2.45) is 0 Å². The summed E-state index contributed by atoms with van der Waals surface area (Å²) >= 11 is 8.73. The molecule has 1 aromatic heterocycles. The number of halogens is 5. The first-order chi connectivity index (χ1) is 10.8. The summed E-state index contributed by atoms with van der Waals surface area (Å²) in [5, 5.41) is 9.77. The monoisotopic (exact) mass is 423 g/mol. The molecule has 2 aromatic rings. The summed E-state index contributed by atoms with van der Waals surface area (Å²) in [4.78, 5) is 0. The van der Waals surface area contributed by atoms with Gasteiger partial charge in [0.15, 0.2) is 0 Å². The molecule has 1 aromatic carbocycles. The van der Waals surface area contributed by atoms with Crippen LogP contribution in [0.4, 0.5) is 13.2 Å². The van der Waals surface area contributed by atoms with E-state index in [9.17, 15) is 18.4 Å². The van der Waals surface area contributed by atoms with E-state index >= 15 is 0 Å². The van der Waals surface area contributed by atoms with Gasteiger partial charge in [-0.25, -0.2) is 0 Å². The number of hydrogen-bond donors (Lipinski definition) is 1. The van der Waals surface area contributed by atoms with Gasteiger partial charge < -0.3 is 15.5 Å². The third kappa shape index (κ3) is 3.92. The minimum absolute atomic E-state index is 0. The highest BCUT2D eigenvalue weighted by atomic mass is 79.9. The van der Waals surface area contributed by atoms with E-state index in [1.807, 2.05) is 6.07 Å². The molecule has 0 aliphatic carbocycles. The summed E-state index contributed by atoms with van der Waals surface area (Å²) in [6.45, 7) is 1.61. The largest absolute Gasteiger partial charge is 0.432 e. The molecule has 0 atom stereocenters. The zero-order valence-electron chi connectivity index (χ0n) is 12.6. The van der Waals surface area contributed by atoms with Gasteiger partial charge in [0.05, 0.1) is 15.7 Å². The Labute approximate surface area is 150 Å². The van der Waals surface area contributed by atoms with Crippen LogP contribution in [0, 0.1) is 11.3 Å². The lowest BCUT2D eigenvalue weighted by Gasteiger charge is -2.15. The number of rotatable bonds is 4. The summed E-state index contributed by atoms with van der Waals surface area (Å²) in [6, 6.07) is 8.06. The van der Waals surface area contributed by atoms with Gasteiger partial charge >= 0.3 is 6.18 Å². The van der Waals surface area contributed by atoms with Gasteiger partial charge in [0.2, 0.25) is 0 Å². The third-order valence-electron chi connectivity index (χ3n) is 3.13. The number of nitrogens with zero attached hydrogens (tertiary/aromatic N) is 2. The molecule has 9 heteroatoms. The fraction of sp³-hybridized carbons (Fsp3) is 0.267. The van der Waals surface area contributed by atoms with Gasteiger partial charge in [0, 0.05) is 11.6 Å². The average Bonchev–Trinajstić information content (AvgIpc) is 2.77. The first-order valence-corrected chi connectivity index (χ1v) is 7.71. The molecule has 0 saturated heterocycles. The van der Waals surface area contributed by atoms with Crippen LogP contribution in [0.15, 0.2) is 28.7 Å². The number of nitriles is 1. The molecule has 0 fully saturated rings. The molecule has 0 spiro atoms. The highest BCUT2D eigenvalue weighted by Crippen LogP contribution is 2.43. The molecule has 0 amide bonds. The van der Waals surface area contributed by atoms with Gasteiger partial charge in [0.1, 0.15) is 18.5 Å². The van der Waals surface area contributed by atoms with Crippen LogP contribution < -0.4 is 6.15 Å². The molecule has 4 nitrogen and oxygen atoms in total. The van der Waals surface area contributed by atoms with Crippen molar-refractivity contribution in [3.8, 4) is 17.3 Å². The van der Waals surface area contributed by atoms with Crippen molar-refractivity contribution >= 4 is 27.5 Å². The minimum atomic E-state index is -4.63. The summed E-state index contributed by atoms with van der Waals surface area (Å²) in [7, 11) is 0. The van der Waals surface area contributed by atoms with Gasteiger partial charge in [-0.1, -0.05) is 23.7 Å². The SMILES string of the molecule is CCOCn1c(-c2ccc(Cl)cc2)c(C#N)c(Br)c1C(F)(F)F.N. The van der Waals surface area contributed by atoms with Crippen LogP contribution in [0.3, 0.4) is 0 Å². The maximum Gasteiger partial charge on any atom is 0.432 e. The maximum atomic E-state index is 13.4. The molecule has 2 rings (SSSR count). The van der Waals surface area contributed by atoms with Crippen molar-refractivity contribution in [2.45, 2.75) is 19.8 Å². The standard InChI is InChI=1S/C15H11BrClF3N2O.H3N/c1-2-23-8-22-13(9-3-5-10(17)6-4-9)11(7-21)12(16)14(22)15(18,19)20;/h3-6H,2,8H2,1H3;1H3. The molecule has 0 saturated carbocycles. The predicted molar refractivity (Wildman–Crippen MR) is 88.9 cm³/mol. The average molecular weight is 425 g/mol. The topological polar surface area (TPSA) is 73.0 Å². The number of alkyl halides is 3. The summed E-state index contributed by atoms with van der Waals surface area (Å²) in [6.07, 6.45) is -4.63. The zero-order chi connectivity index (χ0) is 17.2. The van der Waals surface area contributed by atoms with Gasteiger partial charge in [0.25, 0.3) is 0 Å². The number of ether oxygens (including phenoxy) is 1. The number of aromatic nitrogens is 1. The summed E-state index contributed by atoms with van der Waals surface area (Å²) in [5.74, 6) is 0. The quantitative estimate of drug-likeness (QED) is 0.692. The van der Waals surface area contributed by atoms with Gasteiger partial charge in [-0.2, -0.15) is 18.4 Å². The molecule has 1 heterocycles. The van der Waals surface area contributed by atoms with Gasteiger partial charge in [-0.3, -0.25) is 0 Å². The Hall–Kier alpha value is -1.53. The lowest BCUT2D eigenvalue weighted by molar-refractivity contribution is -0.146. The lowest BCUT2D eigenvalue weighted by Crippen LogP contribution is -2.16. The van der Waals surface area contributed by atoms with E-state index in [0.717, 1.165) is 4.57 Å². The minimum Gasteiger partial charge on any atom is -0.361 e. The number of hydrogen-bond acceptors (Lipinski definition) is 3. The summed E-state index contributed by atoms with van der Waals surface area (Å²) < 4.78 is 46.0. The molecule has 0 unspecified atom stereocenters. The molecule has 0 bridgehead atoms. The lowest BCUT2D eigenvalue weighted by atomic mass is 10.1. The molecular formula is C15H14BrClF3N3O. The molecule has 0 aliphatic rings. The first-order valence-electron chi connectivity index (χ1n) is 6.54. The molecule has 130 valence electrons. The van der Waals surface area contributed by atoms with Crippen molar-refractivity contribution in [1.29, 1.82) is 5.26 Å². The third-order valence-corrected chi connectivity index (χ3v) is 4.15. The van der Waals surface area contributed by atoms with Crippen molar-refractivity contribution in [1.82, 2.24) is 10.7 Å².